The predicted octanol–water partition coefficient (Wildman–Crippen LogP) is -3.13. The topological polar surface area (TPSA) is 109 Å². The molecule has 0 spiro atoms. The first-order valence-corrected chi connectivity index (χ1v) is 8.26. The van der Waals surface area contributed by atoms with Crippen molar-refractivity contribution in [3.05, 3.63) is 0 Å². The van der Waals surface area contributed by atoms with Crippen LogP contribution in [0.3, 0.4) is 0 Å². The molecule has 0 saturated carbocycles. The molecule has 0 aromatic heterocycles. The SMILES string of the molecule is CC1C(C)(S(=O)(=O)O)C(C)(S(=O)(=O)O)C[N+]1(C)C.[H-].[Na+]. The maximum Gasteiger partial charge on any atom is 1.00 e. The van der Waals surface area contributed by atoms with Crippen molar-refractivity contribution in [2.45, 2.75) is 36.3 Å². The van der Waals surface area contributed by atoms with Gasteiger partial charge in [-0.1, -0.05) is 0 Å². The largest absolute Gasteiger partial charge is 1.00 e. The van der Waals surface area contributed by atoms with Crippen LogP contribution in [0.2, 0.25) is 0 Å². The van der Waals surface area contributed by atoms with Gasteiger partial charge in [-0.2, -0.15) is 16.8 Å². The fourth-order valence-corrected chi connectivity index (χ4v) is 6.14. The van der Waals surface area contributed by atoms with Gasteiger partial charge in [0.1, 0.15) is 12.6 Å². The molecular weight excluding hydrogens is 305 g/mol. The molecular formula is C9H21NNaO6S2+. The first kappa shape index (κ1) is 19.8. The summed E-state index contributed by atoms with van der Waals surface area (Å²) < 4.78 is 61.6. The maximum absolute atomic E-state index is 11.7. The monoisotopic (exact) mass is 326 g/mol. The second-order valence-corrected chi connectivity index (χ2v) is 9.55. The minimum absolute atomic E-state index is 0. The van der Waals surface area contributed by atoms with E-state index in [1.165, 1.54) is 0 Å². The molecule has 110 valence electrons. The summed E-state index contributed by atoms with van der Waals surface area (Å²) in [6, 6.07) is -0.695. The van der Waals surface area contributed by atoms with E-state index in [1.54, 1.807) is 21.0 Å². The minimum atomic E-state index is -4.67. The summed E-state index contributed by atoms with van der Waals surface area (Å²) in [4.78, 5) is 0. The molecule has 0 aromatic rings. The van der Waals surface area contributed by atoms with Crippen molar-refractivity contribution in [3.8, 4) is 0 Å². The van der Waals surface area contributed by atoms with Gasteiger partial charge in [0.25, 0.3) is 20.2 Å². The average molecular weight is 326 g/mol. The van der Waals surface area contributed by atoms with Crippen LogP contribution in [0.15, 0.2) is 0 Å². The molecule has 1 heterocycles. The second kappa shape index (κ2) is 4.91. The zero-order valence-corrected chi connectivity index (χ0v) is 15.7. The van der Waals surface area contributed by atoms with E-state index in [1.807, 2.05) is 0 Å². The molecule has 0 radical (unpaired) electrons. The summed E-state index contributed by atoms with van der Waals surface area (Å²) in [7, 11) is -6.00. The molecule has 0 bridgehead atoms. The number of quaternary nitrogens is 1. The van der Waals surface area contributed by atoms with E-state index >= 15 is 0 Å². The normalized spacial score (nSPS) is 38.8. The Bertz CT molecular complexity index is 577. The van der Waals surface area contributed by atoms with Gasteiger partial charge in [-0.05, 0) is 20.8 Å². The van der Waals surface area contributed by atoms with Gasteiger partial charge in [0, 0.05) is 0 Å². The molecule has 1 aliphatic heterocycles. The Morgan fingerprint density at radius 1 is 1.11 bits per heavy atom. The number of hydrogen-bond donors (Lipinski definition) is 2. The zero-order valence-electron chi connectivity index (χ0n) is 13.1. The fraction of sp³-hybridized carbons (Fsp3) is 1.00. The molecule has 0 aromatic carbocycles. The Balaban J connectivity index is 0. The van der Waals surface area contributed by atoms with Crippen molar-refractivity contribution >= 4 is 20.2 Å². The van der Waals surface area contributed by atoms with E-state index in [2.05, 4.69) is 0 Å². The summed E-state index contributed by atoms with van der Waals surface area (Å²) in [6.07, 6.45) is 0. The first-order valence-electron chi connectivity index (χ1n) is 5.38. The quantitative estimate of drug-likeness (QED) is 0.316. The zero-order chi connectivity index (χ0) is 14.8. The van der Waals surface area contributed by atoms with Crippen LogP contribution in [-0.2, 0) is 20.2 Å². The van der Waals surface area contributed by atoms with Gasteiger partial charge in [-0.15, -0.1) is 0 Å². The number of likely N-dealkylation sites (tertiary alicyclic amines) is 1. The van der Waals surface area contributed by atoms with E-state index in [0.717, 1.165) is 13.8 Å². The molecule has 7 nitrogen and oxygen atoms in total. The molecule has 3 atom stereocenters. The van der Waals surface area contributed by atoms with Gasteiger partial charge in [0.15, 0.2) is 9.49 Å². The van der Waals surface area contributed by atoms with Crippen LogP contribution < -0.4 is 29.6 Å². The van der Waals surface area contributed by atoms with Crippen molar-refractivity contribution in [1.82, 2.24) is 0 Å². The number of nitrogens with zero attached hydrogens (tertiary/aromatic N) is 1. The summed E-state index contributed by atoms with van der Waals surface area (Å²) >= 11 is 0. The molecule has 1 fully saturated rings. The third-order valence-corrected chi connectivity index (χ3v) is 8.39. The maximum atomic E-state index is 11.7. The summed E-state index contributed by atoms with van der Waals surface area (Å²) in [5, 5.41) is 0. The van der Waals surface area contributed by atoms with Crippen molar-refractivity contribution in [2.75, 3.05) is 20.6 Å². The molecule has 2 N–H and O–H groups in total. The van der Waals surface area contributed by atoms with Gasteiger partial charge in [0.2, 0.25) is 0 Å². The van der Waals surface area contributed by atoms with Crippen LogP contribution in [-0.4, -0.2) is 66.6 Å². The summed E-state index contributed by atoms with van der Waals surface area (Å²) in [5.41, 5.74) is 0. The Morgan fingerprint density at radius 2 is 1.47 bits per heavy atom. The van der Waals surface area contributed by atoms with Gasteiger partial charge in [-0.3, -0.25) is 9.11 Å². The predicted molar refractivity (Wildman–Crippen MR) is 67.5 cm³/mol. The number of rotatable bonds is 2. The second-order valence-electron chi connectivity index (χ2n) is 5.90. The Kier molecular flexibility index (Phi) is 5.11. The molecule has 19 heavy (non-hydrogen) atoms. The number of hydrogen-bond acceptors (Lipinski definition) is 4. The molecule has 1 aliphatic rings. The standard InChI is InChI=1S/C9H19NO6S2.Na.H/c1-7-9(3,18(14,15)16)8(2,17(11,12)13)6-10(7,4)5;;/h7H,6H2,1-5H3,(H-,11,12,13,14,15,16);;/q;+1;-1/p+1. The molecule has 1 saturated heterocycles. The Labute approximate surface area is 138 Å². The molecule has 3 unspecified atom stereocenters. The van der Waals surface area contributed by atoms with Crippen molar-refractivity contribution < 1.29 is 61.4 Å². The average Bonchev–Trinajstić information content (AvgIpc) is 2.23. The fourth-order valence-electron chi connectivity index (χ4n) is 3.01. The van der Waals surface area contributed by atoms with Gasteiger partial charge in [0.05, 0.1) is 14.1 Å². The van der Waals surface area contributed by atoms with Crippen LogP contribution in [0.5, 0.6) is 0 Å². The van der Waals surface area contributed by atoms with Crippen LogP contribution in [0.1, 0.15) is 22.2 Å². The minimum Gasteiger partial charge on any atom is -1.00 e. The van der Waals surface area contributed by atoms with E-state index < -0.39 is 35.8 Å². The van der Waals surface area contributed by atoms with Crippen molar-refractivity contribution in [3.63, 3.8) is 0 Å². The van der Waals surface area contributed by atoms with Crippen LogP contribution in [0.25, 0.3) is 0 Å². The molecule has 10 heteroatoms. The third-order valence-electron chi connectivity index (χ3n) is 4.71. The van der Waals surface area contributed by atoms with E-state index in [4.69, 9.17) is 0 Å². The third kappa shape index (κ3) is 2.52. The van der Waals surface area contributed by atoms with Gasteiger partial charge < -0.3 is 5.91 Å². The summed E-state index contributed by atoms with van der Waals surface area (Å²) in [6.45, 7) is 3.75. The summed E-state index contributed by atoms with van der Waals surface area (Å²) in [5.74, 6) is 0. The van der Waals surface area contributed by atoms with E-state index in [0.29, 0.717) is 0 Å². The Morgan fingerprint density at radius 3 is 1.68 bits per heavy atom. The van der Waals surface area contributed by atoms with Crippen LogP contribution in [0, 0.1) is 0 Å². The smallest absolute Gasteiger partial charge is 1.00 e. The van der Waals surface area contributed by atoms with Crippen LogP contribution >= 0.6 is 0 Å². The van der Waals surface area contributed by atoms with Gasteiger partial charge >= 0.3 is 29.6 Å². The van der Waals surface area contributed by atoms with Crippen molar-refractivity contribution in [1.29, 1.82) is 0 Å². The first-order chi connectivity index (χ1) is 7.61. The van der Waals surface area contributed by atoms with Crippen LogP contribution in [0.4, 0.5) is 0 Å². The van der Waals surface area contributed by atoms with Gasteiger partial charge in [-0.25, -0.2) is 0 Å². The molecule has 0 aliphatic carbocycles. The Hall–Kier alpha value is 0.780. The van der Waals surface area contributed by atoms with Crippen molar-refractivity contribution in [2.24, 2.45) is 0 Å². The molecule has 1 rings (SSSR count). The molecule has 0 amide bonds. The van der Waals surface area contributed by atoms with E-state index in [9.17, 15) is 25.9 Å². The van der Waals surface area contributed by atoms with E-state index in [-0.39, 0.29) is 42.0 Å².